The summed E-state index contributed by atoms with van der Waals surface area (Å²) in [6.45, 7) is 2.33. The van der Waals surface area contributed by atoms with Crippen molar-refractivity contribution < 1.29 is 18.7 Å². The smallest absolute Gasteiger partial charge is 0.333 e. The number of hydrogen-bond donors (Lipinski definition) is 1. The molecule has 0 spiro atoms. The molecule has 0 bridgehead atoms. The number of anilines is 1. The van der Waals surface area contributed by atoms with Gasteiger partial charge in [0.1, 0.15) is 0 Å². The number of benzene rings is 1. The second-order valence-electron chi connectivity index (χ2n) is 3.80. The van der Waals surface area contributed by atoms with Gasteiger partial charge in [-0.15, -0.1) is 0 Å². The molecule has 4 nitrogen and oxygen atoms in total. The van der Waals surface area contributed by atoms with Gasteiger partial charge in [-0.1, -0.05) is 13.0 Å². The lowest BCUT2D eigenvalue weighted by Crippen LogP contribution is -2.07. The van der Waals surface area contributed by atoms with E-state index in [1.807, 2.05) is 6.92 Å². The molecule has 1 aromatic carbocycles. The van der Waals surface area contributed by atoms with Gasteiger partial charge in [-0.3, -0.25) is 0 Å². The molecule has 0 aliphatic carbocycles. The van der Waals surface area contributed by atoms with Crippen molar-refractivity contribution in [1.29, 1.82) is 0 Å². The Kier molecular flexibility index (Phi) is 5.85. The summed E-state index contributed by atoms with van der Waals surface area (Å²) in [5.41, 5.74) is 1.32. The van der Waals surface area contributed by atoms with E-state index in [0.717, 1.165) is 5.69 Å². The van der Waals surface area contributed by atoms with Crippen LogP contribution in [0.1, 0.15) is 13.3 Å². The van der Waals surface area contributed by atoms with Crippen LogP contribution in [-0.2, 0) is 9.53 Å². The van der Waals surface area contributed by atoms with Gasteiger partial charge in [0.05, 0.1) is 14.2 Å². The highest BCUT2D eigenvalue weighted by Crippen LogP contribution is 2.21. The predicted octanol–water partition coefficient (Wildman–Crippen LogP) is 2.76. The second-order valence-corrected chi connectivity index (χ2v) is 3.80. The summed E-state index contributed by atoms with van der Waals surface area (Å²) in [5.74, 6) is -0.564. The molecule has 0 unspecified atom stereocenters. The predicted molar refractivity (Wildman–Crippen MR) is 71.8 cm³/mol. The number of esters is 1. The Morgan fingerprint density at radius 1 is 1.42 bits per heavy atom. The summed E-state index contributed by atoms with van der Waals surface area (Å²) >= 11 is 0. The van der Waals surface area contributed by atoms with Crippen LogP contribution in [-0.4, -0.2) is 26.7 Å². The van der Waals surface area contributed by atoms with E-state index in [0.29, 0.717) is 18.5 Å². The Morgan fingerprint density at radius 2 is 2.16 bits per heavy atom. The summed E-state index contributed by atoms with van der Waals surface area (Å²) in [7, 11) is 2.76. The molecule has 0 saturated heterocycles. The number of methoxy groups -OCH3 is 2. The fourth-order valence-electron chi connectivity index (χ4n) is 1.56. The van der Waals surface area contributed by atoms with Gasteiger partial charge in [0, 0.05) is 23.9 Å². The number of ether oxygens (including phenoxy) is 2. The maximum atomic E-state index is 13.2. The van der Waals surface area contributed by atoms with Gasteiger partial charge in [0.15, 0.2) is 11.6 Å². The molecule has 0 amide bonds. The van der Waals surface area contributed by atoms with Gasteiger partial charge in [-0.25, -0.2) is 9.18 Å². The zero-order valence-corrected chi connectivity index (χ0v) is 11.3. The largest absolute Gasteiger partial charge is 0.494 e. The van der Waals surface area contributed by atoms with Gasteiger partial charge in [-0.2, -0.15) is 0 Å². The first-order chi connectivity index (χ1) is 9.12. The highest BCUT2D eigenvalue weighted by Gasteiger charge is 2.06. The Labute approximate surface area is 112 Å². The highest BCUT2D eigenvalue weighted by molar-refractivity contribution is 5.88. The molecule has 1 aromatic rings. The van der Waals surface area contributed by atoms with Crippen molar-refractivity contribution in [2.45, 2.75) is 13.3 Å². The lowest BCUT2D eigenvalue weighted by Gasteiger charge is -2.08. The quantitative estimate of drug-likeness (QED) is 0.636. The molecule has 0 atom stereocenters. The topological polar surface area (TPSA) is 47.6 Å². The maximum Gasteiger partial charge on any atom is 0.333 e. The Morgan fingerprint density at radius 3 is 2.74 bits per heavy atom. The van der Waals surface area contributed by atoms with Crippen molar-refractivity contribution in [3.63, 3.8) is 0 Å². The summed E-state index contributed by atoms with van der Waals surface area (Å²) < 4.78 is 22.7. The van der Waals surface area contributed by atoms with Crippen LogP contribution in [0.25, 0.3) is 0 Å². The van der Waals surface area contributed by atoms with Crippen LogP contribution in [0, 0.1) is 5.82 Å². The number of carbonyl (C=O) groups excluding carboxylic acids is 1. The molecule has 1 N–H and O–H groups in total. The van der Waals surface area contributed by atoms with Crippen LogP contribution in [0.4, 0.5) is 10.1 Å². The zero-order chi connectivity index (χ0) is 14.3. The van der Waals surface area contributed by atoms with E-state index in [9.17, 15) is 9.18 Å². The van der Waals surface area contributed by atoms with E-state index >= 15 is 0 Å². The molecule has 5 heteroatoms. The molecule has 0 fully saturated rings. The average Bonchev–Trinajstić information content (AvgIpc) is 2.44. The minimum atomic E-state index is -0.410. The number of halogens is 1. The maximum absolute atomic E-state index is 13.2. The summed E-state index contributed by atoms with van der Waals surface area (Å²) in [5, 5.41) is 3.06. The molecule has 0 radical (unpaired) electrons. The number of nitrogens with one attached hydrogen (secondary N) is 1. The van der Waals surface area contributed by atoms with E-state index in [2.05, 4.69) is 10.1 Å². The normalized spacial score (nSPS) is 11.1. The van der Waals surface area contributed by atoms with Crippen LogP contribution in [0.5, 0.6) is 5.75 Å². The van der Waals surface area contributed by atoms with Gasteiger partial charge in [0.2, 0.25) is 0 Å². The third-order valence-electron chi connectivity index (χ3n) is 2.63. The average molecular weight is 267 g/mol. The van der Waals surface area contributed by atoms with Gasteiger partial charge < -0.3 is 14.8 Å². The number of rotatable bonds is 6. The second kappa shape index (κ2) is 7.41. The molecule has 104 valence electrons. The Bertz CT molecular complexity index is 472. The van der Waals surface area contributed by atoms with E-state index in [4.69, 9.17) is 4.74 Å². The van der Waals surface area contributed by atoms with Crippen LogP contribution in [0.3, 0.4) is 0 Å². The monoisotopic (exact) mass is 267 g/mol. The molecular formula is C14H18FNO3. The minimum Gasteiger partial charge on any atom is -0.494 e. The van der Waals surface area contributed by atoms with E-state index in [1.165, 1.54) is 20.3 Å². The summed E-state index contributed by atoms with van der Waals surface area (Å²) in [6, 6.07) is 4.49. The Hall–Kier alpha value is -2.04. The molecule has 0 aromatic heterocycles. The van der Waals surface area contributed by atoms with Gasteiger partial charge >= 0.3 is 5.97 Å². The fourth-order valence-corrected chi connectivity index (χ4v) is 1.56. The van der Waals surface area contributed by atoms with Crippen molar-refractivity contribution in [1.82, 2.24) is 0 Å². The third kappa shape index (κ3) is 4.28. The van der Waals surface area contributed by atoms with Gasteiger partial charge in [0.25, 0.3) is 0 Å². The molecular weight excluding hydrogens is 249 g/mol. The van der Waals surface area contributed by atoms with Crippen molar-refractivity contribution in [2.24, 2.45) is 0 Å². The minimum absolute atomic E-state index is 0.178. The van der Waals surface area contributed by atoms with Crippen molar-refractivity contribution in [3.05, 3.63) is 35.7 Å². The number of carbonyl (C=O) groups is 1. The van der Waals surface area contributed by atoms with E-state index in [-0.39, 0.29) is 11.7 Å². The fraction of sp³-hybridized carbons (Fsp3) is 0.357. The van der Waals surface area contributed by atoms with Crippen LogP contribution < -0.4 is 10.1 Å². The lowest BCUT2D eigenvalue weighted by molar-refractivity contribution is -0.136. The third-order valence-corrected chi connectivity index (χ3v) is 2.63. The first-order valence-electron chi connectivity index (χ1n) is 5.97. The standard InChI is InChI=1S/C14H18FNO3/c1-4-10(14(17)19-3)7-8-16-11-5-6-12(15)13(9-11)18-2/h5-7,9,16H,4,8H2,1-3H3/b10-7-. The summed E-state index contributed by atoms with van der Waals surface area (Å²) in [4.78, 5) is 11.3. The molecule has 0 aliphatic heterocycles. The Balaban J connectivity index is 2.66. The van der Waals surface area contributed by atoms with E-state index in [1.54, 1.807) is 18.2 Å². The molecule has 0 aliphatic rings. The molecule has 1 rings (SSSR count). The summed E-state index contributed by atoms with van der Waals surface area (Å²) in [6.07, 6.45) is 2.35. The SMILES string of the molecule is CC/C(=C/CNc1ccc(F)c(OC)c1)C(=O)OC. The van der Waals surface area contributed by atoms with Crippen molar-refractivity contribution in [2.75, 3.05) is 26.1 Å². The van der Waals surface area contributed by atoms with E-state index < -0.39 is 5.82 Å². The van der Waals surface area contributed by atoms with Crippen LogP contribution >= 0.6 is 0 Å². The first kappa shape index (κ1) is 15.0. The zero-order valence-electron chi connectivity index (χ0n) is 11.3. The molecule has 19 heavy (non-hydrogen) atoms. The van der Waals surface area contributed by atoms with Gasteiger partial charge in [-0.05, 0) is 18.6 Å². The van der Waals surface area contributed by atoms with Crippen LogP contribution in [0.15, 0.2) is 29.8 Å². The van der Waals surface area contributed by atoms with Crippen molar-refractivity contribution >= 4 is 11.7 Å². The number of hydrogen-bond acceptors (Lipinski definition) is 4. The molecule has 0 heterocycles. The van der Waals surface area contributed by atoms with Crippen molar-refractivity contribution in [3.8, 4) is 5.75 Å². The highest BCUT2D eigenvalue weighted by atomic mass is 19.1. The molecule has 0 saturated carbocycles. The lowest BCUT2D eigenvalue weighted by atomic mass is 10.2. The van der Waals surface area contributed by atoms with Crippen LogP contribution in [0.2, 0.25) is 0 Å². The first-order valence-corrected chi connectivity index (χ1v) is 5.97.